The molecule has 0 radical (unpaired) electrons. The van der Waals surface area contributed by atoms with Crippen LogP contribution in [0.15, 0.2) is 41.8 Å². The number of carboxylic acids is 1. The number of anilines is 1. The summed E-state index contributed by atoms with van der Waals surface area (Å²) in [7, 11) is 0. The number of carbonyl (C=O) groups is 2. The van der Waals surface area contributed by atoms with Crippen molar-refractivity contribution in [3.8, 4) is 0 Å². The third kappa shape index (κ3) is 2.62. The van der Waals surface area contributed by atoms with Gasteiger partial charge in [-0.25, -0.2) is 9.59 Å². The van der Waals surface area contributed by atoms with E-state index in [4.69, 9.17) is 0 Å². The number of aliphatic carboxylic acids is 1. The molecule has 5 nitrogen and oxygen atoms in total. The fraction of sp³-hybridized carbons (Fsp3) is 0.200. The molecule has 1 aromatic carbocycles. The Morgan fingerprint density at radius 1 is 1.24 bits per heavy atom. The predicted octanol–water partition coefficient (Wildman–Crippen LogP) is 2.65. The average molecular weight is 302 g/mol. The quantitative estimate of drug-likeness (QED) is 0.915. The largest absolute Gasteiger partial charge is 0.479 e. The fourth-order valence-corrected chi connectivity index (χ4v) is 3.23. The van der Waals surface area contributed by atoms with E-state index in [1.165, 1.54) is 11.3 Å². The lowest BCUT2D eigenvalue weighted by Gasteiger charge is -2.21. The molecule has 108 valence electrons. The van der Waals surface area contributed by atoms with Crippen LogP contribution in [0, 0.1) is 0 Å². The zero-order chi connectivity index (χ0) is 14.8. The Hall–Kier alpha value is -2.34. The molecule has 2 heterocycles. The number of para-hydroxylation sites is 1. The van der Waals surface area contributed by atoms with Gasteiger partial charge < -0.3 is 10.4 Å². The minimum absolute atomic E-state index is 0.374. The Morgan fingerprint density at radius 3 is 2.76 bits per heavy atom. The third-order valence-corrected chi connectivity index (χ3v) is 4.41. The summed E-state index contributed by atoms with van der Waals surface area (Å²) >= 11 is 1.32. The van der Waals surface area contributed by atoms with Crippen molar-refractivity contribution < 1.29 is 14.7 Å². The summed E-state index contributed by atoms with van der Waals surface area (Å²) in [5.41, 5.74) is 1.96. The van der Waals surface area contributed by atoms with Crippen LogP contribution in [-0.2, 0) is 11.2 Å². The molecule has 0 aliphatic carbocycles. The van der Waals surface area contributed by atoms with E-state index in [0.717, 1.165) is 17.7 Å². The summed E-state index contributed by atoms with van der Waals surface area (Å²) in [6.07, 6.45) is 0.792. The Kier molecular flexibility index (Phi) is 3.62. The Balaban J connectivity index is 1.79. The highest BCUT2D eigenvalue weighted by Gasteiger charge is 2.29. The van der Waals surface area contributed by atoms with Crippen molar-refractivity contribution in [1.82, 2.24) is 5.32 Å². The van der Waals surface area contributed by atoms with Crippen molar-refractivity contribution >= 4 is 29.0 Å². The number of carboxylic acid groups (broad SMARTS) is 1. The summed E-state index contributed by atoms with van der Waals surface area (Å²) in [6, 6.07) is 9.77. The van der Waals surface area contributed by atoms with E-state index in [9.17, 15) is 14.7 Å². The first-order valence-corrected chi connectivity index (χ1v) is 7.47. The lowest BCUT2D eigenvalue weighted by Crippen LogP contribution is -2.43. The summed E-state index contributed by atoms with van der Waals surface area (Å²) in [5, 5.41) is 13.7. The number of hydrogen-bond acceptors (Lipinski definition) is 3. The highest BCUT2D eigenvalue weighted by Crippen LogP contribution is 2.28. The van der Waals surface area contributed by atoms with Crippen LogP contribution in [0.25, 0.3) is 0 Å². The highest BCUT2D eigenvalue weighted by molar-refractivity contribution is 7.10. The van der Waals surface area contributed by atoms with Crippen LogP contribution in [0.5, 0.6) is 0 Å². The molecule has 0 fully saturated rings. The number of carbonyl (C=O) groups excluding carboxylic acids is 1. The minimum atomic E-state index is -1.06. The van der Waals surface area contributed by atoms with E-state index in [0.29, 0.717) is 11.4 Å². The van der Waals surface area contributed by atoms with Gasteiger partial charge in [0.25, 0.3) is 0 Å². The summed E-state index contributed by atoms with van der Waals surface area (Å²) in [6.45, 7) is 0.571. The second-order valence-electron chi connectivity index (χ2n) is 4.77. The van der Waals surface area contributed by atoms with Gasteiger partial charge in [-0.15, -0.1) is 11.3 Å². The van der Waals surface area contributed by atoms with Gasteiger partial charge in [-0.3, -0.25) is 4.90 Å². The lowest BCUT2D eigenvalue weighted by molar-refractivity contribution is -0.139. The van der Waals surface area contributed by atoms with Crippen LogP contribution in [0.3, 0.4) is 0 Å². The van der Waals surface area contributed by atoms with E-state index < -0.39 is 12.0 Å². The lowest BCUT2D eigenvalue weighted by atomic mass is 10.2. The SMILES string of the molecule is O=C(O)C(NC(=O)N1CCc2ccccc21)c1cccs1. The van der Waals surface area contributed by atoms with Gasteiger partial charge in [-0.05, 0) is 29.5 Å². The number of amides is 2. The first-order valence-electron chi connectivity index (χ1n) is 6.59. The molecule has 0 saturated carbocycles. The molecule has 2 aromatic rings. The maximum atomic E-state index is 12.4. The molecule has 2 amide bonds. The van der Waals surface area contributed by atoms with Crippen LogP contribution in [0.4, 0.5) is 10.5 Å². The van der Waals surface area contributed by atoms with Crippen molar-refractivity contribution in [3.63, 3.8) is 0 Å². The molecule has 0 spiro atoms. The highest BCUT2D eigenvalue weighted by atomic mass is 32.1. The Labute approximate surface area is 125 Å². The molecule has 6 heteroatoms. The van der Waals surface area contributed by atoms with E-state index in [2.05, 4.69) is 5.32 Å². The molecule has 1 aliphatic rings. The molecule has 0 saturated heterocycles. The van der Waals surface area contributed by atoms with E-state index in [1.54, 1.807) is 22.4 Å². The number of rotatable bonds is 3. The van der Waals surface area contributed by atoms with Crippen LogP contribution in [0.2, 0.25) is 0 Å². The molecule has 0 bridgehead atoms. The van der Waals surface area contributed by atoms with E-state index >= 15 is 0 Å². The predicted molar refractivity (Wildman–Crippen MR) is 80.7 cm³/mol. The average Bonchev–Trinajstić information content (AvgIpc) is 3.13. The number of nitrogens with zero attached hydrogens (tertiary/aromatic N) is 1. The standard InChI is InChI=1S/C15H14N2O3S/c18-14(19)13(12-6-3-9-21-12)16-15(20)17-8-7-10-4-1-2-5-11(10)17/h1-6,9,13H,7-8H2,(H,16,20)(H,18,19). The van der Waals surface area contributed by atoms with E-state index in [-0.39, 0.29) is 6.03 Å². The number of benzene rings is 1. The molecule has 21 heavy (non-hydrogen) atoms. The second kappa shape index (κ2) is 5.57. The van der Waals surface area contributed by atoms with Crippen LogP contribution in [-0.4, -0.2) is 23.7 Å². The number of urea groups is 1. The van der Waals surface area contributed by atoms with Gasteiger partial charge in [0.2, 0.25) is 0 Å². The number of hydrogen-bond donors (Lipinski definition) is 2. The molecule has 2 N–H and O–H groups in total. The summed E-state index contributed by atoms with van der Waals surface area (Å²) < 4.78 is 0. The van der Waals surface area contributed by atoms with Gasteiger partial charge in [0, 0.05) is 17.1 Å². The van der Waals surface area contributed by atoms with Crippen molar-refractivity contribution in [2.75, 3.05) is 11.4 Å². The van der Waals surface area contributed by atoms with E-state index in [1.807, 2.05) is 24.3 Å². The molecule has 3 rings (SSSR count). The summed E-state index contributed by atoms with van der Waals surface area (Å²) in [5.74, 6) is -1.06. The normalized spacial score (nSPS) is 14.6. The first kappa shape index (κ1) is 13.6. The molecule has 1 aliphatic heterocycles. The van der Waals surface area contributed by atoms with Crippen molar-refractivity contribution in [2.45, 2.75) is 12.5 Å². The molecular weight excluding hydrogens is 288 g/mol. The van der Waals surface area contributed by atoms with Gasteiger partial charge in [0.15, 0.2) is 6.04 Å². The molecular formula is C15H14N2O3S. The Bertz CT molecular complexity index is 669. The van der Waals surface area contributed by atoms with Crippen molar-refractivity contribution in [1.29, 1.82) is 0 Å². The topological polar surface area (TPSA) is 69.6 Å². The Morgan fingerprint density at radius 2 is 2.05 bits per heavy atom. The van der Waals surface area contributed by atoms with Crippen LogP contribution in [0.1, 0.15) is 16.5 Å². The smallest absolute Gasteiger partial charge is 0.331 e. The minimum Gasteiger partial charge on any atom is -0.479 e. The third-order valence-electron chi connectivity index (χ3n) is 3.47. The first-order chi connectivity index (χ1) is 10.2. The van der Waals surface area contributed by atoms with Gasteiger partial charge in [0.05, 0.1) is 0 Å². The fourth-order valence-electron chi connectivity index (χ4n) is 2.46. The zero-order valence-electron chi connectivity index (χ0n) is 11.2. The monoisotopic (exact) mass is 302 g/mol. The van der Waals surface area contributed by atoms with Gasteiger partial charge in [-0.1, -0.05) is 24.3 Å². The number of fused-ring (bicyclic) bond motifs is 1. The van der Waals surface area contributed by atoms with Gasteiger partial charge >= 0.3 is 12.0 Å². The van der Waals surface area contributed by atoms with Gasteiger partial charge in [-0.2, -0.15) is 0 Å². The number of thiophene rings is 1. The van der Waals surface area contributed by atoms with Crippen molar-refractivity contribution in [3.05, 3.63) is 52.2 Å². The maximum Gasteiger partial charge on any atom is 0.331 e. The molecule has 1 unspecified atom stereocenters. The maximum absolute atomic E-state index is 12.4. The number of nitrogens with one attached hydrogen (secondary N) is 1. The van der Waals surface area contributed by atoms with Crippen LogP contribution >= 0.6 is 11.3 Å². The van der Waals surface area contributed by atoms with Crippen LogP contribution < -0.4 is 10.2 Å². The second-order valence-corrected chi connectivity index (χ2v) is 5.75. The summed E-state index contributed by atoms with van der Waals surface area (Å²) in [4.78, 5) is 26.0. The molecule has 1 aromatic heterocycles. The van der Waals surface area contributed by atoms with Gasteiger partial charge in [0.1, 0.15) is 0 Å². The molecule has 1 atom stereocenters. The van der Waals surface area contributed by atoms with Crippen molar-refractivity contribution in [2.24, 2.45) is 0 Å². The zero-order valence-corrected chi connectivity index (χ0v) is 12.0.